The first-order valence-electron chi connectivity index (χ1n) is 18.1. The number of rotatable bonds is 15. The summed E-state index contributed by atoms with van der Waals surface area (Å²) in [5.41, 5.74) is 7.86. The number of Topliss-reactive ketones (excluding diaryl/α,β-unsaturated/α-hetero) is 1. The molecule has 0 spiro atoms. The number of nitrogens with one attached hydrogen (secondary N) is 1. The molecule has 2 aliphatic rings. The number of nitrogens with two attached hydrogens (primary N) is 1. The van der Waals surface area contributed by atoms with Crippen molar-refractivity contribution in [1.29, 1.82) is 0 Å². The molecule has 0 bridgehead atoms. The van der Waals surface area contributed by atoms with Gasteiger partial charge in [-0.1, -0.05) is 78.1 Å². The zero-order valence-corrected chi connectivity index (χ0v) is 29.8. The van der Waals surface area contributed by atoms with E-state index < -0.39 is 54.0 Å². The van der Waals surface area contributed by atoms with Crippen LogP contribution in [0.15, 0.2) is 45.7 Å². The van der Waals surface area contributed by atoms with Crippen LogP contribution in [0.25, 0.3) is 22.4 Å². The van der Waals surface area contributed by atoms with Gasteiger partial charge in [0, 0.05) is 30.0 Å². The monoisotopic (exact) mass is 692 g/mol. The zero-order valence-electron chi connectivity index (χ0n) is 29.8. The van der Waals surface area contributed by atoms with Gasteiger partial charge in [0.1, 0.15) is 30.7 Å². The topological polar surface area (TPSA) is 176 Å². The third kappa shape index (κ3) is 8.52. The molecule has 2 fully saturated rings. The number of fused-ring (bicyclic) bond motifs is 1. The Morgan fingerprint density at radius 1 is 1.08 bits per heavy atom. The second-order valence-electron chi connectivity index (χ2n) is 14.6. The highest BCUT2D eigenvalue weighted by molar-refractivity contribution is 5.93. The molecule has 1 aliphatic carbocycles. The lowest BCUT2D eigenvalue weighted by atomic mass is 9.84. The molecule has 1 aromatic carbocycles. The molecule has 3 aromatic rings. The second kappa shape index (κ2) is 16.4. The number of unbranched alkanes of at least 4 members (excludes halogenated alkanes) is 2. The first-order valence-corrected chi connectivity index (χ1v) is 18.1. The maximum atomic E-state index is 13.3. The van der Waals surface area contributed by atoms with Crippen molar-refractivity contribution in [2.24, 2.45) is 29.4 Å². The fourth-order valence-electron chi connectivity index (χ4n) is 6.93. The fraction of sp³-hybridized carbons (Fsp3) is 0.605. The standard InChI is InChI=1S/C38H52N4O8/c1-6-7-8-10-23-13-15-24(16-14-23)29-17-25-19-42(38(47)41-36(25)50-29)31-18-28(43)30(49-31)20-48-37(46)33(22(4)5)40-35(45)27-12-9-11-26(27)34(44)32(39)21(2)3/h13-17,19,21-22,26-28,30-33,43H,6-12,18,20,39H2,1-5H3,(H,40,45)/t26?,27?,28?,30-,31-,32?,33?/m1/s1. The molecule has 272 valence electrons. The van der Waals surface area contributed by atoms with Crippen LogP contribution < -0.4 is 16.7 Å². The van der Waals surface area contributed by atoms with Gasteiger partial charge in [-0.3, -0.25) is 14.2 Å². The number of aliphatic hydroxyl groups excluding tert-OH is 1. The minimum Gasteiger partial charge on any atom is -0.461 e. The Balaban J connectivity index is 1.19. The summed E-state index contributed by atoms with van der Waals surface area (Å²) in [5, 5.41) is 14.2. The summed E-state index contributed by atoms with van der Waals surface area (Å²) in [6.07, 6.45) is 5.33. The number of carbonyl (C=O) groups excluding carboxylic acids is 3. The lowest BCUT2D eigenvalue weighted by Crippen LogP contribution is -2.50. The van der Waals surface area contributed by atoms with Crippen molar-refractivity contribution in [3.8, 4) is 11.3 Å². The van der Waals surface area contributed by atoms with Crippen molar-refractivity contribution in [3.63, 3.8) is 0 Å². The first kappa shape index (κ1) is 37.4. The summed E-state index contributed by atoms with van der Waals surface area (Å²) in [6.45, 7) is 9.23. The van der Waals surface area contributed by atoms with E-state index in [1.165, 1.54) is 23.0 Å². The summed E-state index contributed by atoms with van der Waals surface area (Å²) in [6, 6.07) is 8.38. The Morgan fingerprint density at radius 2 is 1.80 bits per heavy atom. The van der Waals surface area contributed by atoms with E-state index in [4.69, 9.17) is 19.6 Å². The van der Waals surface area contributed by atoms with Crippen LogP contribution in [-0.4, -0.2) is 63.2 Å². The number of ether oxygens (including phenoxy) is 2. The summed E-state index contributed by atoms with van der Waals surface area (Å²) in [4.78, 5) is 56.7. The third-order valence-corrected chi connectivity index (χ3v) is 10.1. The molecular weight excluding hydrogens is 640 g/mol. The highest BCUT2D eigenvalue weighted by atomic mass is 16.6. The molecule has 50 heavy (non-hydrogen) atoms. The normalized spacial score (nSPS) is 23.4. The minimum absolute atomic E-state index is 0.0393. The number of aliphatic hydroxyl groups is 1. The number of amides is 1. The van der Waals surface area contributed by atoms with E-state index in [2.05, 4.69) is 29.4 Å². The van der Waals surface area contributed by atoms with E-state index in [1.54, 1.807) is 20.0 Å². The molecule has 7 atom stereocenters. The molecule has 5 unspecified atom stereocenters. The largest absolute Gasteiger partial charge is 0.461 e. The van der Waals surface area contributed by atoms with Crippen LogP contribution in [0.5, 0.6) is 0 Å². The van der Waals surface area contributed by atoms with E-state index in [9.17, 15) is 24.3 Å². The molecule has 2 aromatic heterocycles. The lowest BCUT2D eigenvalue weighted by molar-refractivity contribution is -0.155. The average molecular weight is 693 g/mol. The van der Waals surface area contributed by atoms with Crippen LogP contribution >= 0.6 is 0 Å². The van der Waals surface area contributed by atoms with E-state index in [-0.39, 0.29) is 42.3 Å². The van der Waals surface area contributed by atoms with Gasteiger partial charge in [0.2, 0.25) is 11.6 Å². The number of carbonyl (C=O) groups is 3. The van der Waals surface area contributed by atoms with Gasteiger partial charge < -0.3 is 30.0 Å². The van der Waals surface area contributed by atoms with Crippen LogP contribution in [0.1, 0.15) is 91.4 Å². The molecular formula is C38H52N4O8. The van der Waals surface area contributed by atoms with Gasteiger partial charge >= 0.3 is 11.7 Å². The highest BCUT2D eigenvalue weighted by Crippen LogP contribution is 2.35. The van der Waals surface area contributed by atoms with Gasteiger partial charge in [-0.15, -0.1) is 0 Å². The number of esters is 1. The van der Waals surface area contributed by atoms with Crippen molar-refractivity contribution in [1.82, 2.24) is 14.9 Å². The van der Waals surface area contributed by atoms with Crippen LogP contribution in [0, 0.1) is 23.7 Å². The lowest BCUT2D eigenvalue weighted by Gasteiger charge is -2.27. The summed E-state index contributed by atoms with van der Waals surface area (Å²) < 4.78 is 18.8. The molecule has 0 radical (unpaired) electrons. The number of aryl methyl sites for hydroxylation is 1. The number of hydrogen-bond donors (Lipinski definition) is 3. The van der Waals surface area contributed by atoms with Gasteiger partial charge in [-0.25, -0.2) is 9.59 Å². The summed E-state index contributed by atoms with van der Waals surface area (Å²) in [5.74, 6) is -1.95. The fourth-order valence-corrected chi connectivity index (χ4v) is 6.93. The van der Waals surface area contributed by atoms with E-state index in [0.717, 1.165) is 24.8 Å². The van der Waals surface area contributed by atoms with Crippen LogP contribution in [0.4, 0.5) is 0 Å². The smallest absolute Gasteiger partial charge is 0.353 e. The predicted molar refractivity (Wildman–Crippen MR) is 188 cm³/mol. The van der Waals surface area contributed by atoms with E-state index >= 15 is 0 Å². The van der Waals surface area contributed by atoms with Gasteiger partial charge in [-0.05, 0) is 49.1 Å². The second-order valence-corrected chi connectivity index (χ2v) is 14.6. The Morgan fingerprint density at radius 3 is 2.48 bits per heavy atom. The summed E-state index contributed by atoms with van der Waals surface area (Å²) >= 11 is 0. The molecule has 4 N–H and O–H groups in total. The number of benzene rings is 1. The van der Waals surface area contributed by atoms with Gasteiger partial charge in [0.15, 0.2) is 5.78 Å². The molecule has 12 heteroatoms. The molecule has 12 nitrogen and oxygen atoms in total. The molecule has 1 aliphatic heterocycles. The van der Waals surface area contributed by atoms with Crippen molar-refractivity contribution in [2.45, 2.75) is 117 Å². The molecule has 1 amide bonds. The maximum Gasteiger partial charge on any atom is 0.353 e. The van der Waals surface area contributed by atoms with Crippen molar-refractivity contribution >= 4 is 28.8 Å². The number of furan rings is 1. The summed E-state index contributed by atoms with van der Waals surface area (Å²) in [7, 11) is 0. The number of ketones is 1. The third-order valence-electron chi connectivity index (χ3n) is 10.1. The average Bonchev–Trinajstić information content (AvgIpc) is 3.83. The number of hydrogen-bond acceptors (Lipinski definition) is 10. The van der Waals surface area contributed by atoms with E-state index in [1.807, 2.05) is 32.0 Å². The SMILES string of the molecule is CCCCCc1ccc(-c2cc3cn([C@H]4CC(O)[C@@H](COC(=O)C(NC(=O)C5CCCC5C(=O)C(N)C(C)C)C(C)C)O4)c(=O)nc3o2)cc1. The van der Waals surface area contributed by atoms with E-state index in [0.29, 0.717) is 24.0 Å². The van der Waals surface area contributed by atoms with Crippen molar-refractivity contribution in [3.05, 3.63) is 52.6 Å². The van der Waals surface area contributed by atoms with Gasteiger partial charge in [0.05, 0.1) is 17.5 Å². The quantitative estimate of drug-likeness (QED) is 0.150. The van der Waals surface area contributed by atoms with Crippen molar-refractivity contribution < 1.29 is 33.4 Å². The zero-order chi connectivity index (χ0) is 36.1. The van der Waals surface area contributed by atoms with Gasteiger partial charge in [0.25, 0.3) is 0 Å². The van der Waals surface area contributed by atoms with Gasteiger partial charge in [-0.2, -0.15) is 4.98 Å². The maximum absolute atomic E-state index is 13.3. The van der Waals surface area contributed by atoms with Crippen LogP contribution in [-0.2, 0) is 30.3 Å². The molecule has 5 rings (SSSR count). The van der Waals surface area contributed by atoms with Crippen LogP contribution in [0.3, 0.4) is 0 Å². The highest BCUT2D eigenvalue weighted by Gasteiger charge is 2.42. The van der Waals surface area contributed by atoms with Crippen molar-refractivity contribution in [2.75, 3.05) is 6.61 Å². The Hall–Kier alpha value is -3.87. The Bertz CT molecular complexity index is 1700. The first-order chi connectivity index (χ1) is 23.9. The molecule has 1 saturated heterocycles. The Kier molecular flexibility index (Phi) is 12.3. The number of aromatic nitrogens is 2. The molecule has 1 saturated carbocycles. The Labute approximate surface area is 293 Å². The number of nitrogens with zero attached hydrogens (tertiary/aromatic N) is 2. The predicted octanol–water partition coefficient (Wildman–Crippen LogP) is 4.69. The van der Waals surface area contributed by atoms with Crippen LogP contribution in [0.2, 0.25) is 0 Å². The molecule has 3 heterocycles. The minimum atomic E-state index is -1.02.